The topological polar surface area (TPSA) is 98.5 Å². The number of nitrogens with one attached hydrogen (secondary N) is 2. The van der Waals surface area contributed by atoms with Crippen LogP contribution in [0.2, 0.25) is 0 Å². The highest BCUT2D eigenvalue weighted by Gasteiger charge is 2.28. The van der Waals surface area contributed by atoms with E-state index in [1.165, 1.54) is 14.2 Å². The second-order valence-electron chi connectivity index (χ2n) is 4.88. The van der Waals surface area contributed by atoms with Gasteiger partial charge in [-0.25, -0.2) is 4.79 Å². The zero-order valence-electron chi connectivity index (χ0n) is 12.3. The number of hydrogen-bond donors (Lipinski definition) is 2. The van der Waals surface area contributed by atoms with E-state index >= 15 is 0 Å². The predicted octanol–water partition coefficient (Wildman–Crippen LogP) is 2.61. The molecule has 0 bridgehead atoms. The maximum absolute atomic E-state index is 12.0. The summed E-state index contributed by atoms with van der Waals surface area (Å²) in [5.74, 6) is 2.28. The van der Waals surface area contributed by atoms with E-state index in [0.29, 0.717) is 23.3 Å². The molecule has 2 amide bonds. The van der Waals surface area contributed by atoms with Gasteiger partial charge < -0.3 is 19.3 Å². The number of anilines is 2. The Balaban J connectivity index is 1.65. The van der Waals surface area contributed by atoms with Crippen LogP contribution >= 0.6 is 0 Å². The summed E-state index contributed by atoms with van der Waals surface area (Å²) in [4.78, 5) is 16.1. The predicted molar refractivity (Wildman–Crippen MR) is 78.5 cm³/mol. The monoisotopic (exact) mass is 304 g/mol. The van der Waals surface area contributed by atoms with E-state index < -0.39 is 6.03 Å². The summed E-state index contributed by atoms with van der Waals surface area (Å²) in [7, 11) is 2.97. The van der Waals surface area contributed by atoms with Crippen molar-refractivity contribution in [3.05, 3.63) is 24.0 Å². The van der Waals surface area contributed by atoms with E-state index in [-0.39, 0.29) is 5.88 Å². The molecule has 0 saturated heterocycles. The van der Waals surface area contributed by atoms with Crippen LogP contribution in [0, 0.1) is 0 Å². The molecular formula is C14H16N4O4. The lowest BCUT2D eigenvalue weighted by molar-refractivity contribution is 0.261. The van der Waals surface area contributed by atoms with Crippen molar-refractivity contribution in [2.24, 2.45) is 0 Å². The van der Waals surface area contributed by atoms with Crippen molar-refractivity contribution in [3.63, 3.8) is 0 Å². The first-order valence-electron chi connectivity index (χ1n) is 6.83. The first kappa shape index (κ1) is 14.2. The van der Waals surface area contributed by atoms with Gasteiger partial charge >= 0.3 is 6.03 Å². The van der Waals surface area contributed by atoms with Gasteiger partial charge in [-0.05, 0) is 18.9 Å². The van der Waals surface area contributed by atoms with Crippen LogP contribution in [0.1, 0.15) is 24.5 Å². The molecule has 8 heteroatoms. The molecule has 0 radical (unpaired) electrons. The number of amides is 2. The normalized spacial score (nSPS) is 13.5. The fraction of sp³-hybridized carbons (Fsp3) is 0.357. The van der Waals surface area contributed by atoms with E-state index in [1.807, 2.05) is 0 Å². The molecule has 0 aromatic carbocycles. The molecule has 116 valence electrons. The Hall–Kier alpha value is -2.77. The SMILES string of the molecule is COc1ccc(NC(=O)Nc2cc(C3CC3)on2)c(OC)n1. The zero-order valence-corrected chi connectivity index (χ0v) is 12.3. The van der Waals surface area contributed by atoms with Gasteiger partial charge in [-0.1, -0.05) is 5.16 Å². The Morgan fingerprint density at radius 2 is 2.09 bits per heavy atom. The molecule has 2 N–H and O–H groups in total. The Kier molecular flexibility index (Phi) is 3.82. The molecule has 3 rings (SSSR count). The van der Waals surface area contributed by atoms with Crippen LogP contribution in [-0.2, 0) is 0 Å². The molecule has 1 saturated carbocycles. The number of methoxy groups -OCH3 is 2. The highest BCUT2D eigenvalue weighted by atomic mass is 16.5. The summed E-state index contributed by atoms with van der Waals surface area (Å²) >= 11 is 0. The van der Waals surface area contributed by atoms with Gasteiger partial charge in [0.05, 0.1) is 14.2 Å². The number of nitrogens with zero attached hydrogens (tertiary/aromatic N) is 2. The molecule has 0 atom stereocenters. The van der Waals surface area contributed by atoms with Gasteiger partial charge in [-0.15, -0.1) is 0 Å². The van der Waals surface area contributed by atoms with Gasteiger partial charge in [-0.2, -0.15) is 4.98 Å². The first-order valence-corrected chi connectivity index (χ1v) is 6.83. The second kappa shape index (κ2) is 5.92. The zero-order chi connectivity index (χ0) is 15.5. The molecule has 1 aliphatic rings. The average molecular weight is 304 g/mol. The van der Waals surface area contributed by atoms with Crippen LogP contribution in [0.3, 0.4) is 0 Å². The second-order valence-corrected chi connectivity index (χ2v) is 4.88. The van der Waals surface area contributed by atoms with Crippen molar-refractivity contribution in [1.82, 2.24) is 10.1 Å². The largest absolute Gasteiger partial charge is 0.481 e. The van der Waals surface area contributed by atoms with Crippen LogP contribution in [0.15, 0.2) is 22.7 Å². The molecule has 0 spiro atoms. The van der Waals surface area contributed by atoms with E-state index in [4.69, 9.17) is 14.0 Å². The van der Waals surface area contributed by atoms with Gasteiger partial charge in [0.2, 0.25) is 11.8 Å². The van der Waals surface area contributed by atoms with Crippen LogP contribution in [-0.4, -0.2) is 30.4 Å². The maximum Gasteiger partial charge on any atom is 0.325 e. The van der Waals surface area contributed by atoms with Gasteiger partial charge in [0.25, 0.3) is 0 Å². The highest BCUT2D eigenvalue weighted by Crippen LogP contribution is 2.40. The maximum atomic E-state index is 12.0. The summed E-state index contributed by atoms with van der Waals surface area (Å²) in [5, 5.41) is 9.06. The molecule has 1 fully saturated rings. The summed E-state index contributed by atoms with van der Waals surface area (Å²) in [6, 6.07) is 4.55. The lowest BCUT2D eigenvalue weighted by atomic mass is 10.3. The third-order valence-corrected chi connectivity index (χ3v) is 3.24. The standard InChI is InChI=1S/C14H16N4O4/c1-20-12-6-5-9(13(17-12)21-2)15-14(19)16-11-7-10(22-18-11)8-3-4-8/h5-8H,3-4H2,1-2H3,(H2,15,16,18,19). The highest BCUT2D eigenvalue weighted by molar-refractivity contribution is 5.99. The van der Waals surface area contributed by atoms with Crippen molar-refractivity contribution in [3.8, 4) is 11.8 Å². The van der Waals surface area contributed by atoms with E-state index in [2.05, 4.69) is 20.8 Å². The lowest BCUT2D eigenvalue weighted by Crippen LogP contribution is -2.20. The van der Waals surface area contributed by atoms with Crippen LogP contribution < -0.4 is 20.1 Å². The number of rotatable bonds is 5. The number of carbonyl (C=O) groups excluding carboxylic acids is 1. The molecule has 8 nitrogen and oxygen atoms in total. The van der Waals surface area contributed by atoms with Crippen molar-refractivity contribution in [2.45, 2.75) is 18.8 Å². The molecule has 22 heavy (non-hydrogen) atoms. The van der Waals surface area contributed by atoms with Crippen molar-refractivity contribution >= 4 is 17.5 Å². The molecule has 2 aromatic rings. The number of pyridine rings is 1. The van der Waals surface area contributed by atoms with Crippen molar-refractivity contribution < 1.29 is 18.8 Å². The van der Waals surface area contributed by atoms with Gasteiger partial charge in [0.1, 0.15) is 11.4 Å². The third kappa shape index (κ3) is 3.11. The number of urea groups is 1. The van der Waals surface area contributed by atoms with E-state index in [9.17, 15) is 4.79 Å². The van der Waals surface area contributed by atoms with E-state index in [0.717, 1.165) is 18.6 Å². The minimum atomic E-state index is -0.457. The molecule has 1 aliphatic carbocycles. The molecule has 2 aromatic heterocycles. The minimum absolute atomic E-state index is 0.258. The quantitative estimate of drug-likeness (QED) is 0.881. The van der Waals surface area contributed by atoms with Crippen molar-refractivity contribution in [1.29, 1.82) is 0 Å². The van der Waals surface area contributed by atoms with Gasteiger partial charge in [0.15, 0.2) is 5.82 Å². The molecular weight excluding hydrogens is 288 g/mol. The smallest absolute Gasteiger partial charge is 0.325 e. The Bertz CT molecular complexity index is 681. The summed E-state index contributed by atoms with van der Waals surface area (Å²) in [6.45, 7) is 0. The lowest BCUT2D eigenvalue weighted by Gasteiger charge is -2.10. The summed E-state index contributed by atoms with van der Waals surface area (Å²) in [6.07, 6.45) is 2.21. The number of aromatic nitrogens is 2. The van der Waals surface area contributed by atoms with Gasteiger partial charge in [0, 0.05) is 18.1 Å². The Labute approximate surface area is 126 Å². The molecule has 2 heterocycles. The molecule has 0 unspecified atom stereocenters. The number of ether oxygens (including phenoxy) is 2. The average Bonchev–Trinajstić information content (AvgIpc) is 3.28. The van der Waals surface area contributed by atoms with Crippen LogP contribution in [0.4, 0.5) is 16.3 Å². The number of carbonyl (C=O) groups is 1. The van der Waals surface area contributed by atoms with Gasteiger partial charge in [-0.3, -0.25) is 5.32 Å². The summed E-state index contributed by atoms with van der Waals surface area (Å²) in [5.41, 5.74) is 0.423. The fourth-order valence-electron chi connectivity index (χ4n) is 1.97. The Morgan fingerprint density at radius 3 is 2.77 bits per heavy atom. The van der Waals surface area contributed by atoms with Crippen LogP contribution in [0.25, 0.3) is 0 Å². The van der Waals surface area contributed by atoms with Crippen molar-refractivity contribution in [2.75, 3.05) is 24.9 Å². The number of hydrogen-bond acceptors (Lipinski definition) is 6. The first-order chi connectivity index (χ1) is 10.7. The minimum Gasteiger partial charge on any atom is -0.481 e. The summed E-state index contributed by atoms with van der Waals surface area (Å²) < 4.78 is 15.3. The molecule has 0 aliphatic heterocycles. The van der Waals surface area contributed by atoms with Crippen LogP contribution in [0.5, 0.6) is 11.8 Å². The van der Waals surface area contributed by atoms with E-state index in [1.54, 1.807) is 18.2 Å². The fourth-order valence-corrected chi connectivity index (χ4v) is 1.97. The third-order valence-electron chi connectivity index (χ3n) is 3.24. The Morgan fingerprint density at radius 1 is 1.27 bits per heavy atom.